The Morgan fingerprint density at radius 1 is 1.08 bits per heavy atom. The second kappa shape index (κ2) is 9.08. The number of methoxy groups -OCH3 is 1. The standard InChI is InChI=1S/C19H20ClNO3/c1-24-17-4-2-3-14(13-17)11-12-21-19(23)10-9-18(22)15-5-7-16(20)8-6-15/h2-8,13H,9-12H2,1H3,(H,21,23). The zero-order valence-electron chi connectivity index (χ0n) is 13.5. The predicted molar refractivity (Wildman–Crippen MR) is 94.7 cm³/mol. The normalized spacial score (nSPS) is 10.2. The minimum absolute atomic E-state index is 0.0605. The van der Waals surface area contributed by atoms with Crippen molar-refractivity contribution in [3.8, 4) is 5.75 Å². The number of ether oxygens (including phenoxy) is 1. The summed E-state index contributed by atoms with van der Waals surface area (Å²) in [4.78, 5) is 23.8. The van der Waals surface area contributed by atoms with Crippen LogP contribution in [0.2, 0.25) is 5.02 Å². The Bertz CT molecular complexity index is 698. The second-order valence-electron chi connectivity index (χ2n) is 5.38. The molecule has 0 radical (unpaired) electrons. The second-order valence-corrected chi connectivity index (χ2v) is 5.82. The summed E-state index contributed by atoms with van der Waals surface area (Å²) in [6.07, 6.45) is 1.08. The highest BCUT2D eigenvalue weighted by atomic mass is 35.5. The van der Waals surface area contributed by atoms with Crippen LogP contribution in [0.3, 0.4) is 0 Å². The van der Waals surface area contributed by atoms with E-state index < -0.39 is 0 Å². The zero-order chi connectivity index (χ0) is 17.4. The van der Waals surface area contributed by atoms with Crippen molar-refractivity contribution in [1.82, 2.24) is 5.32 Å². The van der Waals surface area contributed by atoms with Crippen LogP contribution in [0, 0.1) is 0 Å². The van der Waals surface area contributed by atoms with Crippen LogP contribution >= 0.6 is 11.6 Å². The van der Waals surface area contributed by atoms with Crippen molar-refractivity contribution in [3.05, 3.63) is 64.7 Å². The molecule has 0 saturated heterocycles. The topological polar surface area (TPSA) is 55.4 Å². The number of hydrogen-bond donors (Lipinski definition) is 1. The lowest BCUT2D eigenvalue weighted by atomic mass is 10.1. The number of carbonyl (C=O) groups is 2. The van der Waals surface area contributed by atoms with E-state index in [1.165, 1.54) is 0 Å². The van der Waals surface area contributed by atoms with E-state index in [1.54, 1.807) is 31.4 Å². The average Bonchev–Trinajstić information content (AvgIpc) is 2.60. The maximum Gasteiger partial charge on any atom is 0.220 e. The minimum atomic E-state index is -0.125. The van der Waals surface area contributed by atoms with E-state index in [0.29, 0.717) is 23.6 Å². The molecule has 0 heterocycles. The third kappa shape index (κ3) is 5.70. The Kier molecular flexibility index (Phi) is 6.82. The lowest BCUT2D eigenvalue weighted by Crippen LogP contribution is -2.26. The quantitative estimate of drug-likeness (QED) is 0.743. The number of ketones is 1. The molecule has 0 unspecified atom stereocenters. The number of nitrogens with one attached hydrogen (secondary N) is 1. The highest BCUT2D eigenvalue weighted by Crippen LogP contribution is 2.13. The van der Waals surface area contributed by atoms with E-state index in [2.05, 4.69) is 5.32 Å². The summed E-state index contributed by atoms with van der Waals surface area (Å²) in [6.45, 7) is 0.529. The zero-order valence-corrected chi connectivity index (χ0v) is 14.3. The molecular weight excluding hydrogens is 326 g/mol. The molecule has 0 spiro atoms. The fraction of sp³-hybridized carbons (Fsp3) is 0.263. The van der Waals surface area contributed by atoms with Crippen LogP contribution in [-0.2, 0) is 11.2 Å². The van der Waals surface area contributed by atoms with Gasteiger partial charge in [0.2, 0.25) is 5.91 Å². The first-order valence-electron chi connectivity index (χ1n) is 7.77. The first kappa shape index (κ1) is 18.0. The highest BCUT2D eigenvalue weighted by Gasteiger charge is 2.09. The van der Waals surface area contributed by atoms with Crippen LogP contribution in [0.1, 0.15) is 28.8 Å². The molecular formula is C19H20ClNO3. The van der Waals surface area contributed by atoms with Crippen LogP contribution < -0.4 is 10.1 Å². The molecule has 2 aromatic carbocycles. The fourth-order valence-electron chi connectivity index (χ4n) is 2.27. The Hall–Kier alpha value is -2.33. The van der Waals surface area contributed by atoms with Gasteiger partial charge in [-0.2, -0.15) is 0 Å². The Morgan fingerprint density at radius 2 is 1.83 bits per heavy atom. The SMILES string of the molecule is COc1cccc(CCNC(=O)CCC(=O)c2ccc(Cl)cc2)c1. The summed E-state index contributed by atoms with van der Waals surface area (Å²) in [5.41, 5.74) is 1.66. The number of rotatable bonds is 8. The van der Waals surface area contributed by atoms with E-state index in [1.807, 2.05) is 24.3 Å². The molecule has 0 aliphatic heterocycles. The average molecular weight is 346 g/mol. The van der Waals surface area contributed by atoms with E-state index >= 15 is 0 Å². The van der Waals surface area contributed by atoms with Crippen molar-refractivity contribution in [3.63, 3.8) is 0 Å². The number of benzene rings is 2. The van der Waals surface area contributed by atoms with Crippen LogP contribution in [0.15, 0.2) is 48.5 Å². The van der Waals surface area contributed by atoms with E-state index in [0.717, 1.165) is 11.3 Å². The summed E-state index contributed by atoms with van der Waals surface area (Å²) < 4.78 is 5.16. The number of carbonyl (C=O) groups excluding carboxylic acids is 2. The van der Waals surface area contributed by atoms with Crippen molar-refractivity contribution in [2.75, 3.05) is 13.7 Å². The number of halogens is 1. The number of hydrogen-bond acceptors (Lipinski definition) is 3. The summed E-state index contributed by atoms with van der Waals surface area (Å²) in [6, 6.07) is 14.4. The van der Waals surface area contributed by atoms with Gasteiger partial charge >= 0.3 is 0 Å². The molecule has 0 saturated carbocycles. The van der Waals surface area contributed by atoms with Gasteiger partial charge in [0.1, 0.15) is 5.75 Å². The summed E-state index contributed by atoms with van der Waals surface area (Å²) in [5, 5.41) is 3.42. The van der Waals surface area contributed by atoms with Gasteiger partial charge in [0.25, 0.3) is 0 Å². The van der Waals surface area contributed by atoms with E-state index in [4.69, 9.17) is 16.3 Å². The van der Waals surface area contributed by atoms with Gasteiger partial charge in [0.15, 0.2) is 5.78 Å². The third-order valence-electron chi connectivity index (χ3n) is 3.62. The first-order valence-corrected chi connectivity index (χ1v) is 8.14. The predicted octanol–water partition coefficient (Wildman–Crippen LogP) is 3.67. The molecule has 0 aromatic heterocycles. The Balaban J connectivity index is 1.71. The molecule has 24 heavy (non-hydrogen) atoms. The van der Waals surface area contributed by atoms with E-state index in [-0.39, 0.29) is 24.5 Å². The fourth-order valence-corrected chi connectivity index (χ4v) is 2.40. The molecule has 2 rings (SSSR count). The molecule has 0 aliphatic rings. The van der Waals surface area contributed by atoms with Crippen molar-refractivity contribution >= 4 is 23.3 Å². The van der Waals surface area contributed by atoms with Crippen LogP contribution in [0.25, 0.3) is 0 Å². The maximum atomic E-state index is 12.0. The first-order chi connectivity index (χ1) is 11.6. The molecule has 0 fully saturated rings. The molecule has 0 atom stereocenters. The molecule has 5 heteroatoms. The van der Waals surface area contributed by atoms with Gasteiger partial charge in [0.05, 0.1) is 7.11 Å². The van der Waals surface area contributed by atoms with Crippen LogP contribution in [0.4, 0.5) is 0 Å². The molecule has 2 aromatic rings. The summed E-state index contributed by atoms with van der Waals surface area (Å²) in [7, 11) is 1.62. The summed E-state index contributed by atoms with van der Waals surface area (Å²) in [5.74, 6) is 0.613. The van der Waals surface area contributed by atoms with Crippen molar-refractivity contribution in [2.24, 2.45) is 0 Å². The van der Waals surface area contributed by atoms with Crippen LogP contribution in [-0.4, -0.2) is 25.3 Å². The number of amides is 1. The largest absolute Gasteiger partial charge is 0.497 e. The van der Waals surface area contributed by atoms with Crippen LogP contribution in [0.5, 0.6) is 5.75 Å². The number of Topliss-reactive ketones (excluding diaryl/α,β-unsaturated/α-hetero) is 1. The molecule has 1 amide bonds. The van der Waals surface area contributed by atoms with Crippen molar-refractivity contribution in [1.29, 1.82) is 0 Å². The Labute approximate surface area is 146 Å². The van der Waals surface area contributed by atoms with Gasteiger partial charge in [-0.3, -0.25) is 9.59 Å². The van der Waals surface area contributed by atoms with Gasteiger partial charge in [-0.25, -0.2) is 0 Å². The Morgan fingerprint density at radius 3 is 2.54 bits per heavy atom. The molecule has 0 aliphatic carbocycles. The lowest BCUT2D eigenvalue weighted by molar-refractivity contribution is -0.121. The highest BCUT2D eigenvalue weighted by molar-refractivity contribution is 6.30. The maximum absolute atomic E-state index is 12.0. The molecule has 4 nitrogen and oxygen atoms in total. The van der Waals surface area contributed by atoms with Gasteiger partial charge in [-0.1, -0.05) is 23.7 Å². The van der Waals surface area contributed by atoms with E-state index in [9.17, 15) is 9.59 Å². The van der Waals surface area contributed by atoms with Crippen molar-refractivity contribution in [2.45, 2.75) is 19.3 Å². The lowest BCUT2D eigenvalue weighted by Gasteiger charge is -2.07. The summed E-state index contributed by atoms with van der Waals surface area (Å²) >= 11 is 5.79. The van der Waals surface area contributed by atoms with Crippen molar-refractivity contribution < 1.29 is 14.3 Å². The molecule has 0 bridgehead atoms. The molecule has 1 N–H and O–H groups in total. The van der Waals surface area contributed by atoms with Gasteiger partial charge < -0.3 is 10.1 Å². The third-order valence-corrected chi connectivity index (χ3v) is 3.87. The monoisotopic (exact) mass is 345 g/mol. The van der Waals surface area contributed by atoms with Gasteiger partial charge in [-0.05, 0) is 48.4 Å². The minimum Gasteiger partial charge on any atom is -0.497 e. The van der Waals surface area contributed by atoms with Gasteiger partial charge in [0, 0.05) is 30.0 Å². The molecule has 126 valence electrons. The smallest absolute Gasteiger partial charge is 0.220 e. The van der Waals surface area contributed by atoms with Gasteiger partial charge in [-0.15, -0.1) is 0 Å².